The number of aliphatic hydroxyl groups excluding tert-OH is 1. The van der Waals surface area contributed by atoms with E-state index in [4.69, 9.17) is 11.5 Å². The normalized spacial score (nSPS) is 15.4. The zero-order chi connectivity index (χ0) is 10.0. The molecular formula is C9H13FN2O. The van der Waals surface area contributed by atoms with E-state index in [1.807, 2.05) is 0 Å². The summed E-state index contributed by atoms with van der Waals surface area (Å²) in [5.41, 5.74) is 11.5. The SMILES string of the molecule is C[C@H](O)[C@@H](N)c1cccc(F)c1N. The van der Waals surface area contributed by atoms with Crippen molar-refractivity contribution in [2.45, 2.75) is 19.1 Å². The van der Waals surface area contributed by atoms with Crippen molar-refractivity contribution < 1.29 is 9.50 Å². The molecule has 1 rings (SSSR count). The minimum atomic E-state index is -0.746. The number of aliphatic hydroxyl groups is 1. The highest BCUT2D eigenvalue weighted by atomic mass is 19.1. The molecule has 1 aromatic carbocycles. The van der Waals surface area contributed by atoms with Gasteiger partial charge >= 0.3 is 0 Å². The molecule has 13 heavy (non-hydrogen) atoms. The molecule has 5 N–H and O–H groups in total. The number of benzene rings is 1. The van der Waals surface area contributed by atoms with E-state index in [0.29, 0.717) is 5.56 Å². The zero-order valence-corrected chi connectivity index (χ0v) is 7.37. The lowest BCUT2D eigenvalue weighted by Crippen LogP contribution is -2.24. The van der Waals surface area contributed by atoms with Crippen LogP contribution in [0.5, 0.6) is 0 Å². The molecule has 0 spiro atoms. The van der Waals surface area contributed by atoms with Crippen LogP contribution in [0.1, 0.15) is 18.5 Å². The van der Waals surface area contributed by atoms with Gasteiger partial charge in [0.25, 0.3) is 0 Å². The van der Waals surface area contributed by atoms with Crippen molar-refractivity contribution in [3.63, 3.8) is 0 Å². The molecule has 1 aromatic rings. The fourth-order valence-electron chi connectivity index (χ4n) is 1.10. The average molecular weight is 184 g/mol. The monoisotopic (exact) mass is 184 g/mol. The maximum absolute atomic E-state index is 12.9. The van der Waals surface area contributed by atoms with E-state index in [0.717, 1.165) is 0 Å². The summed E-state index contributed by atoms with van der Waals surface area (Å²) in [6.45, 7) is 1.54. The van der Waals surface area contributed by atoms with Gasteiger partial charge in [0, 0.05) is 0 Å². The molecule has 0 aliphatic heterocycles. The molecular weight excluding hydrogens is 171 g/mol. The Morgan fingerprint density at radius 2 is 2.08 bits per heavy atom. The predicted molar refractivity (Wildman–Crippen MR) is 49.4 cm³/mol. The van der Waals surface area contributed by atoms with Gasteiger partial charge in [-0.25, -0.2) is 4.39 Å². The van der Waals surface area contributed by atoms with Gasteiger partial charge in [-0.2, -0.15) is 0 Å². The van der Waals surface area contributed by atoms with E-state index in [1.54, 1.807) is 6.07 Å². The standard InChI is InChI=1S/C9H13FN2O/c1-5(13)8(11)6-3-2-4-7(10)9(6)12/h2-5,8,13H,11-12H2,1H3/t5-,8+/m0/s1. The van der Waals surface area contributed by atoms with Crippen molar-refractivity contribution in [1.29, 1.82) is 0 Å². The van der Waals surface area contributed by atoms with E-state index in [9.17, 15) is 9.50 Å². The third-order valence-electron chi connectivity index (χ3n) is 1.97. The Morgan fingerprint density at radius 1 is 1.46 bits per heavy atom. The van der Waals surface area contributed by atoms with Crippen LogP contribution in [0, 0.1) is 5.82 Å². The molecule has 0 bridgehead atoms. The van der Waals surface area contributed by atoms with Crippen LogP contribution in [-0.2, 0) is 0 Å². The van der Waals surface area contributed by atoms with Gasteiger partial charge in [0.05, 0.1) is 17.8 Å². The van der Waals surface area contributed by atoms with Crippen LogP contribution in [0.3, 0.4) is 0 Å². The summed E-state index contributed by atoms with van der Waals surface area (Å²) in [5, 5.41) is 9.19. The molecule has 4 heteroatoms. The molecule has 0 aliphatic carbocycles. The summed E-state index contributed by atoms with van der Waals surface area (Å²) in [6.07, 6.45) is -0.746. The number of para-hydroxylation sites is 1. The highest BCUT2D eigenvalue weighted by Crippen LogP contribution is 2.23. The topological polar surface area (TPSA) is 72.3 Å². The second-order valence-electron chi connectivity index (χ2n) is 3.01. The third-order valence-corrected chi connectivity index (χ3v) is 1.97. The first-order valence-corrected chi connectivity index (χ1v) is 4.01. The molecule has 0 aromatic heterocycles. The van der Waals surface area contributed by atoms with Crippen LogP contribution in [0.15, 0.2) is 18.2 Å². The summed E-state index contributed by atoms with van der Waals surface area (Å²) in [6, 6.07) is 3.74. The number of hydrogen-bond donors (Lipinski definition) is 3. The maximum Gasteiger partial charge on any atom is 0.146 e. The molecule has 0 radical (unpaired) electrons. The van der Waals surface area contributed by atoms with Gasteiger partial charge in [0.1, 0.15) is 5.82 Å². The first kappa shape index (κ1) is 9.95. The maximum atomic E-state index is 12.9. The minimum Gasteiger partial charge on any atom is -0.396 e. The minimum absolute atomic E-state index is 0.0101. The van der Waals surface area contributed by atoms with Gasteiger partial charge in [0.15, 0.2) is 0 Å². The fourth-order valence-corrected chi connectivity index (χ4v) is 1.10. The van der Waals surface area contributed by atoms with Crippen molar-refractivity contribution in [3.8, 4) is 0 Å². The lowest BCUT2D eigenvalue weighted by Gasteiger charge is -2.17. The first-order chi connectivity index (χ1) is 6.04. The molecule has 0 saturated heterocycles. The Bertz CT molecular complexity index is 302. The zero-order valence-electron chi connectivity index (χ0n) is 7.37. The second kappa shape index (κ2) is 3.72. The van der Waals surface area contributed by atoms with Crippen molar-refractivity contribution in [1.82, 2.24) is 0 Å². The van der Waals surface area contributed by atoms with E-state index in [1.165, 1.54) is 19.1 Å². The Kier molecular flexibility index (Phi) is 2.85. The quantitative estimate of drug-likeness (QED) is 0.595. The number of nitrogens with two attached hydrogens (primary N) is 2. The Hall–Kier alpha value is -1.13. The van der Waals surface area contributed by atoms with Crippen LogP contribution in [0.4, 0.5) is 10.1 Å². The highest BCUT2D eigenvalue weighted by Gasteiger charge is 2.16. The van der Waals surface area contributed by atoms with Gasteiger partial charge in [-0.1, -0.05) is 12.1 Å². The van der Waals surface area contributed by atoms with Gasteiger partial charge in [-0.3, -0.25) is 0 Å². The largest absolute Gasteiger partial charge is 0.396 e. The predicted octanol–water partition coefficient (Wildman–Crippen LogP) is 0.789. The molecule has 72 valence electrons. The molecule has 0 aliphatic rings. The molecule has 2 atom stereocenters. The van der Waals surface area contributed by atoms with E-state index in [-0.39, 0.29) is 5.69 Å². The third kappa shape index (κ3) is 1.96. The first-order valence-electron chi connectivity index (χ1n) is 4.01. The number of anilines is 1. The molecule has 0 fully saturated rings. The van der Waals surface area contributed by atoms with Gasteiger partial charge in [0.2, 0.25) is 0 Å². The molecule has 0 saturated carbocycles. The smallest absolute Gasteiger partial charge is 0.146 e. The molecule has 0 amide bonds. The molecule has 0 unspecified atom stereocenters. The lowest BCUT2D eigenvalue weighted by atomic mass is 10.0. The summed E-state index contributed by atoms with van der Waals surface area (Å²) >= 11 is 0. The lowest BCUT2D eigenvalue weighted by molar-refractivity contribution is 0.164. The van der Waals surface area contributed by atoms with E-state index in [2.05, 4.69) is 0 Å². The summed E-state index contributed by atoms with van der Waals surface area (Å²) in [4.78, 5) is 0. The summed E-state index contributed by atoms with van der Waals surface area (Å²) in [7, 11) is 0. The fraction of sp³-hybridized carbons (Fsp3) is 0.333. The Labute approximate surface area is 76.2 Å². The van der Waals surface area contributed by atoms with Crippen molar-refractivity contribution in [2.75, 3.05) is 5.73 Å². The van der Waals surface area contributed by atoms with E-state index < -0.39 is 18.0 Å². The van der Waals surface area contributed by atoms with Crippen LogP contribution in [0.25, 0.3) is 0 Å². The van der Waals surface area contributed by atoms with Crippen LogP contribution in [0.2, 0.25) is 0 Å². The summed E-state index contributed by atoms with van der Waals surface area (Å²) < 4.78 is 12.9. The molecule has 0 heterocycles. The van der Waals surface area contributed by atoms with Crippen molar-refractivity contribution >= 4 is 5.69 Å². The molecule has 3 nitrogen and oxygen atoms in total. The van der Waals surface area contributed by atoms with Gasteiger partial charge < -0.3 is 16.6 Å². The van der Waals surface area contributed by atoms with Crippen molar-refractivity contribution in [2.24, 2.45) is 5.73 Å². The average Bonchev–Trinajstić information content (AvgIpc) is 2.08. The Balaban J connectivity index is 3.07. The number of hydrogen-bond acceptors (Lipinski definition) is 3. The van der Waals surface area contributed by atoms with Crippen LogP contribution in [-0.4, -0.2) is 11.2 Å². The Morgan fingerprint density at radius 3 is 2.62 bits per heavy atom. The van der Waals surface area contributed by atoms with Crippen molar-refractivity contribution in [3.05, 3.63) is 29.6 Å². The second-order valence-corrected chi connectivity index (χ2v) is 3.01. The highest BCUT2D eigenvalue weighted by molar-refractivity contribution is 5.49. The van der Waals surface area contributed by atoms with E-state index >= 15 is 0 Å². The number of rotatable bonds is 2. The van der Waals surface area contributed by atoms with Crippen LogP contribution < -0.4 is 11.5 Å². The number of nitrogen functional groups attached to an aromatic ring is 1. The summed E-state index contributed by atoms with van der Waals surface area (Å²) in [5.74, 6) is -0.506. The number of halogens is 1. The van der Waals surface area contributed by atoms with Gasteiger partial charge in [-0.05, 0) is 18.6 Å². The van der Waals surface area contributed by atoms with Gasteiger partial charge in [-0.15, -0.1) is 0 Å². The van der Waals surface area contributed by atoms with Crippen LogP contribution >= 0.6 is 0 Å².